The van der Waals surface area contributed by atoms with Crippen LogP contribution in [0.2, 0.25) is 5.02 Å². The monoisotopic (exact) mass is 257 g/mol. The van der Waals surface area contributed by atoms with Gasteiger partial charge in [-0.25, -0.2) is 0 Å². The largest absolute Gasteiger partial charge is 0.383 e. The van der Waals surface area contributed by atoms with Gasteiger partial charge in [0.1, 0.15) is 5.60 Å². The Bertz CT molecular complexity index is 393. The van der Waals surface area contributed by atoms with E-state index in [-0.39, 0.29) is 6.04 Å². The van der Waals surface area contributed by atoms with Crippen LogP contribution in [-0.2, 0) is 12.1 Å². The third kappa shape index (κ3) is 2.49. The molecule has 0 bridgehead atoms. The van der Waals surface area contributed by atoms with Crippen molar-refractivity contribution in [2.24, 2.45) is 5.73 Å². The minimum atomic E-state index is -0.902. The first-order valence-electron chi connectivity index (χ1n) is 6.26. The maximum atomic E-state index is 10.8. The quantitative estimate of drug-likeness (QED) is 0.871. The van der Waals surface area contributed by atoms with E-state index in [1.807, 2.05) is 4.68 Å². The van der Waals surface area contributed by atoms with Gasteiger partial charge in [-0.2, -0.15) is 5.10 Å². The number of aryl methyl sites for hydroxylation is 1. The van der Waals surface area contributed by atoms with Gasteiger partial charge in [0.25, 0.3) is 0 Å². The molecule has 2 atom stereocenters. The first-order valence-corrected chi connectivity index (χ1v) is 6.64. The molecule has 4 nitrogen and oxygen atoms in total. The first-order chi connectivity index (χ1) is 8.07. The number of halogens is 1. The van der Waals surface area contributed by atoms with E-state index in [9.17, 15) is 5.11 Å². The SMILES string of the molecule is CCCn1ncc(Cl)c1C1(O)CCCC(N)C1. The van der Waals surface area contributed by atoms with Crippen molar-refractivity contribution in [3.8, 4) is 0 Å². The second-order valence-electron chi connectivity index (χ2n) is 4.95. The van der Waals surface area contributed by atoms with E-state index < -0.39 is 5.60 Å². The number of aromatic nitrogens is 2. The van der Waals surface area contributed by atoms with Crippen molar-refractivity contribution in [1.29, 1.82) is 0 Å². The molecule has 0 saturated heterocycles. The molecule has 96 valence electrons. The first kappa shape index (κ1) is 12.9. The lowest BCUT2D eigenvalue weighted by Crippen LogP contribution is -2.40. The summed E-state index contributed by atoms with van der Waals surface area (Å²) < 4.78 is 1.82. The van der Waals surface area contributed by atoms with Gasteiger partial charge in [-0.05, 0) is 32.1 Å². The summed E-state index contributed by atoms with van der Waals surface area (Å²) in [6.07, 6.45) is 5.78. The summed E-state index contributed by atoms with van der Waals surface area (Å²) in [7, 11) is 0. The number of nitrogens with zero attached hydrogens (tertiary/aromatic N) is 2. The van der Waals surface area contributed by atoms with Gasteiger partial charge in [-0.15, -0.1) is 0 Å². The molecule has 2 unspecified atom stereocenters. The number of rotatable bonds is 3. The molecule has 0 aliphatic heterocycles. The molecule has 3 N–H and O–H groups in total. The Balaban J connectivity index is 2.33. The smallest absolute Gasteiger partial charge is 0.109 e. The summed E-state index contributed by atoms with van der Waals surface area (Å²) in [5, 5.41) is 15.6. The molecule has 1 saturated carbocycles. The van der Waals surface area contributed by atoms with Gasteiger partial charge >= 0.3 is 0 Å². The van der Waals surface area contributed by atoms with Crippen LogP contribution in [0.4, 0.5) is 0 Å². The maximum absolute atomic E-state index is 10.8. The van der Waals surface area contributed by atoms with Gasteiger partial charge in [0.15, 0.2) is 0 Å². The summed E-state index contributed by atoms with van der Waals surface area (Å²) in [5.41, 5.74) is 5.80. The van der Waals surface area contributed by atoms with Gasteiger partial charge in [-0.1, -0.05) is 18.5 Å². The lowest BCUT2D eigenvalue weighted by molar-refractivity contribution is -0.0150. The fraction of sp³-hybridized carbons (Fsp3) is 0.750. The highest BCUT2D eigenvalue weighted by molar-refractivity contribution is 6.31. The van der Waals surface area contributed by atoms with Gasteiger partial charge in [0, 0.05) is 12.6 Å². The summed E-state index contributed by atoms with van der Waals surface area (Å²) in [4.78, 5) is 0. The number of hydrogen-bond acceptors (Lipinski definition) is 3. The molecule has 17 heavy (non-hydrogen) atoms. The average Bonchev–Trinajstić information content (AvgIpc) is 2.60. The number of nitrogens with two attached hydrogens (primary N) is 1. The lowest BCUT2D eigenvalue weighted by Gasteiger charge is -2.36. The van der Waals surface area contributed by atoms with Crippen molar-refractivity contribution >= 4 is 11.6 Å². The van der Waals surface area contributed by atoms with Crippen LogP contribution >= 0.6 is 11.6 Å². The average molecular weight is 258 g/mol. The second-order valence-corrected chi connectivity index (χ2v) is 5.36. The molecule has 0 radical (unpaired) electrons. The van der Waals surface area contributed by atoms with E-state index in [0.29, 0.717) is 11.4 Å². The molecule has 0 aromatic carbocycles. The van der Waals surface area contributed by atoms with E-state index in [1.54, 1.807) is 6.20 Å². The second kappa shape index (κ2) is 4.96. The van der Waals surface area contributed by atoms with Crippen LogP contribution in [0.25, 0.3) is 0 Å². The Morgan fingerprint density at radius 3 is 3.12 bits per heavy atom. The van der Waals surface area contributed by atoms with Crippen LogP contribution in [0.1, 0.15) is 44.7 Å². The molecule has 2 rings (SSSR count). The molecule has 5 heteroatoms. The Labute approximate surface area is 107 Å². The van der Waals surface area contributed by atoms with Crippen molar-refractivity contribution in [2.75, 3.05) is 0 Å². The van der Waals surface area contributed by atoms with E-state index in [4.69, 9.17) is 17.3 Å². The summed E-state index contributed by atoms with van der Waals surface area (Å²) >= 11 is 6.17. The van der Waals surface area contributed by atoms with Crippen LogP contribution in [-0.4, -0.2) is 20.9 Å². The molecule has 1 fully saturated rings. The van der Waals surface area contributed by atoms with Gasteiger partial charge in [0.2, 0.25) is 0 Å². The van der Waals surface area contributed by atoms with E-state index >= 15 is 0 Å². The molecule has 1 aromatic rings. The molecule has 1 heterocycles. The van der Waals surface area contributed by atoms with E-state index in [0.717, 1.165) is 37.9 Å². The van der Waals surface area contributed by atoms with Crippen LogP contribution in [0, 0.1) is 0 Å². The summed E-state index contributed by atoms with van der Waals surface area (Å²) in [5.74, 6) is 0. The number of hydrogen-bond donors (Lipinski definition) is 2. The van der Waals surface area contributed by atoms with Crippen molar-refractivity contribution in [2.45, 2.75) is 57.2 Å². The van der Waals surface area contributed by atoms with E-state index in [2.05, 4.69) is 12.0 Å². The third-order valence-electron chi connectivity index (χ3n) is 3.44. The topological polar surface area (TPSA) is 64.1 Å². The highest BCUT2D eigenvalue weighted by atomic mass is 35.5. The Morgan fingerprint density at radius 1 is 1.71 bits per heavy atom. The highest BCUT2D eigenvalue weighted by Crippen LogP contribution is 2.39. The van der Waals surface area contributed by atoms with Crippen molar-refractivity contribution in [3.63, 3.8) is 0 Å². The van der Waals surface area contributed by atoms with Crippen LogP contribution in [0.5, 0.6) is 0 Å². The zero-order valence-corrected chi connectivity index (χ0v) is 11.0. The summed E-state index contributed by atoms with van der Waals surface area (Å²) in [6, 6.07) is 0.0507. The van der Waals surface area contributed by atoms with Gasteiger partial charge in [-0.3, -0.25) is 4.68 Å². The maximum Gasteiger partial charge on any atom is 0.109 e. The fourth-order valence-corrected chi connectivity index (χ4v) is 3.03. The summed E-state index contributed by atoms with van der Waals surface area (Å²) in [6.45, 7) is 2.86. The van der Waals surface area contributed by atoms with Crippen LogP contribution in [0.3, 0.4) is 0 Å². The molecule has 0 spiro atoms. The Morgan fingerprint density at radius 2 is 2.47 bits per heavy atom. The molecular weight excluding hydrogens is 238 g/mol. The molecular formula is C12H20ClN3O. The van der Waals surface area contributed by atoms with Gasteiger partial charge in [0.05, 0.1) is 16.9 Å². The Kier molecular flexibility index (Phi) is 3.76. The predicted octanol–water partition coefficient (Wildman–Crippen LogP) is 2.04. The van der Waals surface area contributed by atoms with Crippen molar-refractivity contribution < 1.29 is 5.11 Å². The lowest BCUT2D eigenvalue weighted by atomic mass is 9.80. The van der Waals surface area contributed by atoms with Crippen molar-refractivity contribution in [3.05, 3.63) is 16.9 Å². The fourth-order valence-electron chi connectivity index (χ4n) is 2.72. The highest BCUT2D eigenvalue weighted by Gasteiger charge is 2.39. The van der Waals surface area contributed by atoms with E-state index in [1.165, 1.54) is 0 Å². The zero-order valence-electron chi connectivity index (χ0n) is 10.2. The van der Waals surface area contributed by atoms with Crippen LogP contribution in [0.15, 0.2) is 6.20 Å². The van der Waals surface area contributed by atoms with Crippen molar-refractivity contribution in [1.82, 2.24) is 9.78 Å². The minimum Gasteiger partial charge on any atom is -0.383 e. The normalized spacial score (nSPS) is 29.5. The zero-order chi connectivity index (χ0) is 12.5. The molecule has 1 aromatic heterocycles. The molecule has 0 amide bonds. The predicted molar refractivity (Wildman–Crippen MR) is 67.9 cm³/mol. The molecule has 1 aliphatic carbocycles. The number of aliphatic hydroxyl groups is 1. The molecule has 1 aliphatic rings. The van der Waals surface area contributed by atoms with Crippen LogP contribution < -0.4 is 5.73 Å². The van der Waals surface area contributed by atoms with Gasteiger partial charge < -0.3 is 10.8 Å². The minimum absolute atomic E-state index is 0.0507. The third-order valence-corrected chi connectivity index (χ3v) is 3.71. The standard InChI is InChI=1S/C12H20ClN3O/c1-2-6-16-11(10(13)8-15-16)12(17)5-3-4-9(14)7-12/h8-9,17H,2-7,14H2,1H3. The Hall–Kier alpha value is -0.580.